The first-order valence-corrected chi connectivity index (χ1v) is 8.42. The number of hydrogen-bond acceptors (Lipinski definition) is 3. The Labute approximate surface area is 123 Å². The molecule has 0 unspecified atom stereocenters. The van der Waals surface area contributed by atoms with Crippen LogP contribution >= 0.6 is 11.6 Å². The minimum atomic E-state index is -3.94. The summed E-state index contributed by atoms with van der Waals surface area (Å²) in [6.45, 7) is 0.112. The van der Waals surface area contributed by atoms with E-state index in [1.165, 1.54) is 6.07 Å². The van der Waals surface area contributed by atoms with Crippen molar-refractivity contribution in [3.8, 4) is 0 Å². The second kappa shape index (κ2) is 5.97. The predicted molar refractivity (Wildman–Crippen MR) is 76.6 cm³/mol. The number of sulfonamides is 1. The van der Waals surface area contributed by atoms with Crippen molar-refractivity contribution in [2.75, 3.05) is 6.54 Å². The molecule has 1 aromatic carbocycles. The molecule has 1 saturated carbocycles. The second-order valence-corrected chi connectivity index (χ2v) is 7.49. The molecule has 0 heterocycles. The molecule has 0 radical (unpaired) electrons. The van der Waals surface area contributed by atoms with E-state index in [2.05, 4.69) is 4.72 Å². The van der Waals surface area contributed by atoms with E-state index in [0.29, 0.717) is 0 Å². The lowest BCUT2D eigenvalue weighted by atomic mass is 9.83. The van der Waals surface area contributed by atoms with Crippen LogP contribution in [0.4, 0.5) is 4.39 Å². The smallest absolute Gasteiger partial charge is 0.243 e. The van der Waals surface area contributed by atoms with E-state index in [4.69, 9.17) is 17.3 Å². The SMILES string of the molecule is NC1(CNS(=O)(=O)c2cc(Cl)ccc2F)CCCCC1. The van der Waals surface area contributed by atoms with E-state index in [9.17, 15) is 12.8 Å². The third-order valence-corrected chi connectivity index (χ3v) is 5.30. The molecule has 0 aromatic heterocycles. The van der Waals surface area contributed by atoms with Gasteiger partial charge in [-0.25, -0.2) is 17.5 Å². The summed E-state index contributed by atoms with van der Waals surface area (Å²) in [5.41, 5.74) is 5.62. The van der Waals surface area contributed by atoms with E-state index in [-0.39, 0.29) is 11.6 Å². The van der Waals surface area contributed by atoms with Crippen molar-refractivity contribution >= 4 is 21.6 Å². The monoisotopic (exact) mass is 320 g/mol. The lowest BCUT2D eigenvalue weighted by Crippen LogP contribution is -2.51. The third-order valence-electron chi connectivity index (χ3n) is 3.65. The Morgan fingerprint density at radius 3 is 2.60 bits per heavy atom. The zero-order chi connectivity index (χ0) is 14.8. The molecule has 0 atom stereocenters. The fourth-order valence-corrected chi connectivity index (χ4v) is 3.91. The largest absolute Gasteiger partial charge is 0.324 e. The Morgan fingerprint density at radius 2 is 1.95 bits per heavy atom. The molecule has 1 aromatic rings. The van der Waals surface area contributed by atoms with Gasteiger partial charge in [0.1, 0.15) is 10.7 Å². The van der Waals surface area contributed by atoms with Gasteiger partial charge in [-0.1, -0.05) is 30.9 Å². The third kappa shape index (κ3) is 3.69. The fourth-order valence-electron chi connectivity index (χ4n) is 2.43. The van der Waals surface area contributed by atoms with Gasteiger partial charge in [-0.15, -0.1) is 0 Å². The minimum absolute atomic E-state index is 0.112. The van der Waals surface area contributed by atoms with E-state index in [0.717, 1.165) is 44.2 Å². The van der Waals surface area contributed by atoms with Crippen LogP contribution in [0.25, 0.3) is 0 Å². The van der Waals surface area contributed by atoms with Crippen molar-refractivity contribution in [1.82, 2.24) is 4.72 Å². The van der Waals surface area contributed by atoms with Crippen LogP contribution < -0.4 is 10.5 Å². The number of nitrogens with two attached hydrogens (primary N) is 1. The van der Waals surface area contributed by atoms with E-state index < -0.39 is 26.3 Å². The van der Waals surface area contributed by atoms with Crippen molar-refractivity contribution in [3.05, 3.63) is 29.0 Å². The maximum atomic E-state index is 13.6. The molecule has 7 heteroatoms. The summed E-state index contributed by atoms with van der Waals surface area (Å²) < 4.78 is 40.3. The van der Waals surface area contributed by atoms with Crippen LogP contribution in [0.15, 0.2) is 23.1 Å². The topological polar surface area (TPSA) is 72.2 Å². The van der Waals surface area contributed by atoms with Gasteiger partial charge in [-0.05, 0) is 31.0 Å². The van der Waals surface area contributed by atoms with Gasteiger partial charge in [0.05, 0.1) is 0 Å². The fraction of sp³-hybridized carbons (Fsp3) is 0.538. The van der Waals surface area contributed by atoms with Crippen molar-refractivity contribution in [2.45, 2.75) is 42.5 Å². The van der Waals surface area contributed by atoms with Crippen molar-refractivity contribution in [1.29, 1.82) is 0 Å². The summed E-state index contributed by atoms with van der Waals surface area (Å²) in [6.07, 6.45) is 4.64. The number of benzene rings is 1. The van der Waals surface area contributed by atoms with E-state index in [1.807, 2.05) is 0 Å². The molecule has 1 aliphatic rings. The molecular weight excluding hydrogens is 303 g/mol. The highest BCUT2D eigenvalue weighted by Crippen LogP contribution is 2.26. The maximum Gasteiger partial charge on any atom is 0.243 e. The number of nitrogens with one attached hydrogen (secondary N) is 1. The zero-order valence-corrected chi connectivity index (χ0v) is 12.6. The Hall–Kier alpha value is -0.690. The first-order chi connectivity index (χ1) is 9.32. The molecule has 1 fully saturated rings. The summed E-state index contributed by atoms with van der Waals surface area (Å²) in [5.74, 6) is -0.823. The Morgan fingerprint density at radius 1 is 1.30 bits per heavy atom. The molecule has 3 N–H and O–H groups in total. The van der Waals surface area contributed by atoms with Crippen molar-refractivity contribution < 1.29 is 12.8 Å². The first-order valence-electron chi connectivity index (χ1n) is 6.56. The molecule has 1 aliphatic carbocycles. The standard InChI is InChI=1S/C13H18ClFN2O2S/c14-10-4-5-11(15)12(8-10)20(18,19)17-9-13(16)6-2-1-3-7-13/h4-5,8,17H,1-3,6-7,9,16H2. The highest BCUT2D eigenvalue weighted by Gasteiger charge is 2.30. The molecule has 4 nitrogen and oxygen atoms in total. The summed E-state index contributed by atoms with van der Waals surface area (Å²) in [7, 11) is -3.94. The lowest BCUT2D eigenvalue weighted by Gasteiger charge is -2.33. The summed E-state index contributed by atoms with van der Waals surface area (Å²) in [4.78, 5) is -0.440. The second-order valence-electron chi connectivity index (χ2n) is 5.32. The van der Waals surface area contributed by atoms with Gasteiger partial charge in [0.2, 0.25) is 10.0 Å². The molecule has 0 bridgehead atoms. The molecule has 0 spiro atoms. The van der Waals surface area contributed by atoms with Gasteiger partial charge in [-0.3, -0.25) is 0 Å². The van der Waals surface area contributed by atoms with Gasteiger partial charge in [0.15, 0.2) is 0 Å². The van der Waals surface area contributed by atoms with Crippen LogP contribution in [-0.2, 0) is 10.0 Å². The molecule has 112 valence electrons. The van der Waals surface area contributed by atoms with Crippen LogP contribution in [0, 0.1) is 5.82 Å². The molecule has 0 saturated heterocycles. The summed E-state index contributed by atoms with van der Waals surface area (Å²) in [6, 6.07) is 3.44. The van der Waals surface area contributed by atoms with Gasteiger partial charge in [0.25, 0.3) is 0 Å². The van der Waals surface area contributed by atoms with Crippen LogP contribution in [0.3, 0.4) is 0 Å². The minimum Gasteiger partial charge on any atom is -0.324 e. The summed E-state index contributed by atoms with van der Waals surface area (Å²) in [5, 5.41) is 0.173. The molecule has 0 aliphatic heterocycles. The lowest BCUT2D eigenvalue weighted by molar-refractivity contribution is 0.296. The average molecular weight is 321 g/mol. The number of hydrogen-bond donors (Lipinski definition) is 2. The van der Waals surface area contributed by atoms with Crippen LogP contribution in [0.1, 0.15) is 32.1 Å². The highest BCUT2D eigenvalue weighted by molar-refractivity contribution is 7.89. The zero-order valence-electron chi connectivity index (χ0n) is 11.0. The Kier molecular flexibility index (Phi) is 4.69. The number of rotatable bonds is 4. The van der Waals surface area contributed by atoms with Gasteiger partial charge < -0.3 is 5.73 Å². The van der Waals surface area contributed by atoms with E-state index >= 15 is 0 Å². The van der Waals surface area contributed by atoms with Crippen LogP contribution in [-0.4, -0.2) is 20.5 Å². The predicted octanol–water partition coefficient (Wildman–Crippen LogP) is 2.42. The first kappa shape index (κ1) is 15.7. The summed E-state index contributed by atoms with van der Waals surface area (Å²) >= 11 is 5.72. The van der Waals surface area contributed by atoms with Crippen LogP contribution in [0.5, 0.6) is 0 Å². The Balaban J connectivity index is 2.13. The normalized spacial score (nSPS) is 18.9. The van der Waals surface area contributed by atoms with Gasteiger partial charge in [0, 0.05) is 17.1 Å². The van der Waals surface area contributed by atoms with Crippen LogP contribution in [0.2, 0.25) is 5.02 Å². The average Bonchev–Trinajstić information content (AvgIpc) is 2.40. The quantitative estimate of drug-likeness (QED) is 0.895. The molecule has 2 rings (SSSR count). The molecule has 20 heavy (non-hydrogen) atoms. The molecule has 0 amide bonds. The number of halogens is 2. The van der Waals surface area contributed by atoms with Crippen molar-refractivity contribution in [3.63, 3.8) is 0 Å². The highest BCUT2D eigenvalue weighted by atomic mass is 35.5. The maximum absolute atomic E-state index is 13.6. The van der Waals surface area contributed by atoms with Gasteiger partial charge >= 0.3 is 0 Å². The van der Waals surface area contributed by atoms with Crippen molar-refractivity contribution in [2.24, 2.45) is 5.73 Å². The van der Waals surface area contributed by atoms with E-state index in [1.54, 1.807) is 0 Å². The Bertz CT molecular complexity index is 586. The molecular formula is C13H18ClFN2O2S. The van der Waals surface area contributed by atoms with Gasteiger partial charge in [-0.2, -0.15) is 0 Å².